The topological polar surface area (TPSA) is 78.9 Å². The van der Waals surface area contributed by atoms with Gasteiger partial charge in [0.05, 0.1) is 0 Å². The molecule has 0 saturated carbocycles. The molecule has 1 aliphatic rings. The van der Waals surface area contributed by atoms with Crippen molar-refractivity contribution in [3.05, 3.63) is 35.9 Å². The molecule has 0 aromatic heterocycles. The molecule has 0 aliphatic carbocycles. The number of unbranched alkanes of at least 4 members (excludes halogenated alkanes) is 1. The minimum atomic E-state index is -0.929. The first-order valence-electron chi connectivity index (χ1n) is 7.95. The third kappa shape index (κ3) is 4.22. The van der Waals surface area contributed by atoms with Crippen LogP contribution in [0, 0.1) is 0 Å². The molecule has 1 saturated heterocycles. The molecule has 126 valence electrons. The Bertz CT molecular complexity index is 535. The first kappa shape index (κ1) is 17.3. The van der Waals surface area contributed by atoms with Crippen molar-refractivity contribution >= 4 is 12.0 Å². The van der Waals surface area contributed by atoms with Crippen LogP contribution in [-0.2, 0) is 16.1 Å². The molecule has 1 heterocycles. The van der Waals surface area contributed by atoms with Crippen LogP contribution in [0.25, 0.3) is 0 Å². The van der Waals surface area contributed by atoms with Gasteiger partial charge < -0.3 is 15.2 Å². The summed E-state index contributed by atoms with van der Waals surface area (Å²) >= 11 is 0. The van der Waals surface area contributed by atoms with Crippen LogP contribution in [0.15, 0.2) is 30.3 Å². The zero-order chi connectivity index (χ0) is 16.7. The first-order valence-corrected chi connectivity index (χ1v) is 7.95. The number of hydrogen-bond donors (Lipinski definition) is 2. The second-order valence-electron chi connectivity index (χ2n) is 5.90. The summed E-state index contributed by atoms with van der Waals surface area (Å²) in [5.74, 6) is -0.168. The lowest BCUT2D eigenvalue weighted by Crippen LogP contribution is -2.65. The summed E-state index contributed by atoms with van der Waals surface area (Å²) in [5.41, 5.74) is -0.0226. The molecule has 1 fully saturated rings. The van der Waals surface area contributed by atoms with E-state index in [9.17, 15) is 9.59 Å². The van der Waals surface area contributed by atoms with Crippen LogP contribution in [0.4, 0.5) is 4.79 Å². The number of ether oxygens (including phenoxy) is 1. The molecule has 0 spiro atoms. The number of aliphatic hydroxyl groups is 1. The number of carbonyl (C=O) groups excluding carboxylic acids is 2. The van der Waals surface area contributed by atoms with Crippen molar-refractivity contribution in [2.45, 2.75) is 38.3 Å². The molecule has 1 aliphatic heterocycles. The van der Waals surface area contributed by atoms with Gasteiger partial charge in [0.2, 0.25) is 5.91 Å². The number of nitrogens with one attached hydrogen (secondary N) is 1. The van der Waals surface area contributed by atoms with E-state index in [4.69, 9.17) is 9.84 Å². The number of nitrogens with zero attached hydrogens (tertiary/aromatic N) is 1. The van der Waals surface area contributed by atoms with Gasteiger partial charge in [0, 0.05) is 19.7 Å². The Morgan fingerprint density at radius 2 is 2.09 bits per heavy atom. The van der Waals surface area contributed by atoms with E-state index >= 15 is 0 Å². The lowest BCUT2D eigenvalue weighted by Gasteiger charge is -2.42. The molecule has 2 N–H and O–H groups in total. The standard InChI is InChI=1S/C17H24N2O4/c1-17(9-5-6-12-20)15(21)18-10-11-19(17)16(22)23-13-14-7-3-2-4-8-14/h2-4,7-8,20H,5-6,9-13H2,1H3,(H,18,21). The van der Waals surface area contributed by atoms with Gasteiger partial charge in [0.25, 0.3) is 0 Å². The van der Waals surface area contributed by atoms with Crippen LogP contribution in [0.1, 0.15) is 31.7 Å². The van der Waals surface area contributed by atoms with Crippen LogP contribution in [0.5, 0.6) is 0 Å². The minimum Gasteiger partial charge on any atom is -0.445 e. The van der Waals surface area contributed by atoms with Gasteiger partial charge in [-0.3, -0.25) is 9.69 Å². The van der Waals surface area contributed by atoms with Gasteiger partial charge in [-0.2, -0.15) is 0 Å². The molecule has 0 bridgehead atoms. The highest BCUT2D eigenvalue weighted by Crippen LogP contribution is 2.26. The van der Waals surface area contributed by atoms with Crippen LogP contribution in [-0.4, -0.2) is 47.2 Å². The van der Waals surface area contributed by atoms with Gasteiger partial charge in [0.1, 0.15) is 12.1 Å². The van der Waals surface area contributed by atoms with E-state index in [0.29, 0.717) is 32.4 Å². The lowest BCUT2D eigenvalue weighted by atomic mass is 9.90. The number of hydrogen-bond acceptors (Lipinski definition) is 4. The van der Waals surface area contributed by atoms with E-state index in [1.807, 2.05) is 30.3 Å². The third-order valence-corrected chi connectivity index (χ3v) is 4.20. The summed E-state index contributed by atoms with van der Waals surface area (Å²) in [5, 5.41) is 11.7. The molecule has 2 amide bonds. The molecule has 1 atom stereocenters. The normalized spacial score (nSPS) is 21.0. The van der Waals surface area contributed by atoms with E-state index in [2.05, 4.69) is 5.32 Å². The maximum absolute atomic E-state index is 12.4. The van der Waals surface area contributed by atoms with Crippen LogP contribution >= 0.6 is 0 Å². The Labute approximate surface area is 136 Å². The summed E-state index contributed by atoms with van der Waals surface area (Å²) in [4.78, 5) is 26.2. The maximum atomic E-state index is 12.4. The number of amides is 2. The molecule has 1 unspecified atom stereocenters. The SMILES string of the molecule is CC1(CCCCO)C(=O)NCCN1C(=O)OCc1ccccc1. The predicted octanol–water partition coefficient (Wildman–Crippen LogP) is 1.68. The lowest BCUT2D eigenvalue weighted by molar-refractivity contribution is -0.135. The summed E-state index contributed by atoms with van der Waals surface area (Å²) in [7, 11) is 0. The van der Waals surface area contributed by atoms with Gasteiger partial charge in [-0.25, -0.2) is 4.79 Å². The summed E-state index contributed by atoms with van der Waals surface area (Å²) in [6, 6.07) is 9.44. The van der Waals surface area contributed by atoms with Crippen LogP contribution < -0.4 is 5.32 Å². The van der Waals surface area contributed by atoms with Crippen LogP contribution in [0.2, 0.25) is 0 Å². The van der Waals surface area contributed by atoms with Crippen molar-refractivity contribution in [1.82, 2.24) is 10.2 Å². The summed E-state index contributed by atoms with van der Waals surface area (Å²) in [6.07, 6.45) is 1.30. The fourth-order valence-electron chi connectivity index (χ4n) is 2.76. The molecule has 6 nitrogen and oxygen atoms in total. The number of aliphatic hydroxyl groups excluding tert-OH is 1. The second kappa shape index (κ2) is 7.97. The average Bonchev–Trinajstić information content (AvgIpc) is 2.56. The summed E-state index contributed by atoms with van der Waals surface area (Å²) in [6.45, 7) is 2.87. The van der Waals surface area contributed by atoms with Crippen molar-refractivity contribution in [2.24, 2.45) is 0 Å². The number of carbonyl (C=O) groups is 2. The largest absolute Gasteiger partial charge is 0.445 e. The Morgan fingerprint density at radius 1 is 1.35 bits per heavy atom. The van der Waals surface area contributed by atoms with Crippen LogP contribution in [0.3, 0.4) is 0 Å². The van der Waals surface area contributed by atoms with Gasteiger partial charge in [-0.05, 0) is 31.7 Å². The van der Waals surface area contributed by atoms with E-state index in [1.54, 1.807) is 6.92 Å². The fourth-order valence-corrected chi connectivity index (χ4v) is 2.76. The van der Waals surface area contributed by atoms with E-state index in [-0.39, 0.29) is 19.1 Å². The fraction of sp³-hybridized carbons (Fsp3) is 0.529. The Hall–Kier alpha value is -2.08. The third-order valence-electron chi connectivity index (χ3n) is 4.20. The number of rotatable bonds is 6. The molecule has 6 heteroatoms. The minimum absolute atomic E-state index is 0.0795. The Morgan fingerprint density at radius 3 is 2.78 bits per heavy atom. The highest BCUT2D eigenvalue weighted by molar-refractivity contribution is 5.90. The van der Waals surface area contributed by atoms with E-state index in [0.717, 1.165) is 5.56 Å². The van der Waals surface area contributed by atoms with Crippen molar-refractivity contribution in [1.29, 1.82) is 0 Å². The molecule has 1 aromatic rings. The molecular formula is C17H24N2O4. The van der Waals surface area contributed by atoms with E-state index in [1.165, 1.54) is 4.90 Å². The quantitative estimate of drug-likeness (QED) is 0.782. The molecule has 23 heavy (non-hydrogen) atoms. The zero-order valence-electron chi connectivity index (χ0n) is 13.5. The highest BCUT2D eigenvalue weighted by Gasteiger charge is 2.44. The van der Waals surface area contributed by atoms with Gasteiger partial charge in [-0.15, -0.1) is 0 Å². The van der Waals surface area contributed by atoms with Gasteiger partial charge in [0.15, 0.2) is 0 Å². The van der Waals surface area contributed by atoms with E-state index < -0.39 is 11.6 Å². The summed E-state index contributed by atoms with van der Waals surface area (Å²) < 4.78 is 5.38. The molecular weight excluding hydrogens is 296 g/mol. The molecule has 1 aromatic carbocycles. The van der Waals surface area contributed by atoms with Crippen molar-refractivity contribution in [2.75, 3.05) is 19.7 Å². The average molecular weight is 320 g/mol. The van der Waals surface area contributed by atoms with Crippen molar-refractivity contribution in [3.63, 3.8) is 0 Å². The zero-order valence-corrected chi connectivity index (χ0v) is 13.5. The smallest absolute Gasteiger partial charge is 0.411 e. The molecule has 0 radical (unpaired) electrons. The second-order valence-corrected chi connectivity index (χ2v) is 5.90. The monoisotopic (exact) mass is 320 g/mol. The Kier molecular flexibility index (Phi) is 5.98. The van der Waals surface area contributed by atoms with Gasteiger partial charge in [-0.1, -0.05) is 30.3 Å². The number of benzene rings is 1. The maximum Gasteiger partial charge on any atom is 0.411 e. The first-order chi connectivity index (χ1) is 11.1. The molecule has 2 rings (SSSR count). The van der Waals surface area contributed by atoms with Crippen molar-refractivity contribution < 1.29 is 19.4 Å². The number of piperazine rings is 1. The van der Waals surface area contributed by atoms with Gasteiger partial charge >= 0.3 is 6.09 Å². The highest BCUT2D eigenvalue weighted by atomic mass is 16.6. The van der Waals surface area contributed by atoms with Crippen molar-refractivity contribution in [3.8, 4) is 0 Å². The predicted molar refractivity (Wildman–Crippen MR) is 85.7 cm³/mol. The Balaban J connectivity index is 2.01.